The Balaban J connectivity index is 2.17. The molecule has 0 bridgehead atoms. The lowest BCUT2D eigenvalue weighted by Gasteiger charge is -2.25. The van der Waals surface area contributed by atoms with Gasteiger partial charge in [0.1, 0.15) is 16.6 Å². The fraction of sp³-hybridized carbons (Fsp3) is 0.615. The van der Waals surface area contributed by atoms with Crippen LogP contribution in [0.2, 0.25) is 0 Å². The minimum Gasteiger partial charge on any atom is -0.480 e. The van der Waals surface area contributed by atoms with Crippen molar-refractivity contribution in [3.63, 3.8) is 0 Å². The first kappa shape index (κ1) is 17.4. The lowest BCUT2D eigenvalue weighted by Crippen LogP contribution is -2.50. The van der Waals surface area contributed by atoms with Gasteiger partial charge in [0.15, 0.2) is 5.76 Å². The average Bonchev–Trinajstić information content (AvgIpc) is 3.04. The summed E-state index contributed by atoms with van der Waals surface area (Å²) < 4.78 is 31.9. The zero-order valence-electron chi connectivity index (χ0n) is 13.1. The van der Waals surface area contributed by atoms with Crippen LogP contribution in [-0.2, 0) is 19.6 Å². The molecule has 0 aliphatic carbocycles. The lowest BCUT2D eigenvalue weighted by atomic mass is 10.2. The fourth-order valence-electron chi connectivity index (χ4n) is 2.74. The number of nitrogens with zero attached hydrogens (tertiary/aromatic N) is 2. The number of carboxylic acids is 1. The maximum Gasteiger partial charge on any atom is 0.326 e. The Morgan fingerprint density at radius 3 is 2.61 bits per heavy atom. The van der Waals surface area contributed by atoms with E-state index in [1.165, 1.54) is 25.7 Å². The molecule has 128 valence electrons. The number of aliphatic carboxylic acids is 1. The number of aromatic nitrogens is 1. The van der Waals surface area contributed by atoms with Crippen LogP contribution in [0.1, 0.15) is 31.2 Å². The lowest BCUT2D eigenvalue weighted by molar-refractivity contribution is -0.148. The summed E-state index contributed by atoms with van der Waals surface area (Å²) in [5.41, 5.74) is 0.194. The molecule has 10 heteroatoms. The number of rotatable bonds is 5. The van der Waals surface area contributed by atoms with Crippen LogP contribution in [0.15, 0.2) is 9.42 Å². The van der Waals surface area contributed by atoms with Crippen LogP contribution in [0.3, 0.4) is 0 Å². The molecule has 1 aliphatic rings. The molecular weight excluding hydrogens is 326 g/mol. The van der Waals surface area contributed by atoms with Gasteiger partial charge >= 0.3 is 5.97 Å². The Hall–Kier alpha value is -1.94. The Labute approximate surface area is 133 Å². The summed E-state index contributed by atoms with van der Waals surface area (Å²) >= 11 is 0. The first-order valence-electron chi connectivity index (χ1n) is 7.13. The molecule has 23 heavy (non-hydrogen) atoms. The van der Waals surface area contributed by atoms with Crippen LogP contribution in [0, 0.1) is 13.8 Å². The summed E-state index contributed by atoms with van der Waals surface area (Å²) in [6.45, 7) is 4.63. The molecule has 1 aliphatic heterocycles. The van der Waals surface area contributed by atoms with Crippen molar-refractivity contribution < 1.29 is 27.6 Å². The summed E-state index contributed by atoms with van der Waals surface area (Å²) in [6, 6.07) is -2.00. The maximum absolute atomic E-state index is 12.4. The van der Waals surface area contributed by atoms with E-state index in [0.717, 1.165) is 0 Å². The molecule has 1 aromatic rings. The molecule has 0 spiro atoms. The molecule has 0 aromatic carbocycles. The standard InChI is InChI=1S/C13H19N3O6S/c1-7-11(9(3)22-14-7)23(20,21)15-8(2)12(17)16-6-4-5-10(16)13(18)19/h8,10,15H,4-6H2,1-3H3,(H,18,19)/t8?,10-/m1/s1. The van der Waals surface area contributed by atoms with Crippen molar-refractivity contribution in [2.75, 3.05) is 6.54 Å². The Morgan fingerprint density at radius 2 is 2.09 bits per heavy atom. The fourth-order valence-corrected chi connectivity index (χ4v) is 4.26. The molecule has 2 rings (SSSR count). The second-order valence-electron chi connectivity index (χ2n) is 5.52. The molecule has 1 fully saturated rings. The molecule has 0 saturated carbocycles. The molecule has 0 radical (unpaired) electrons. The second-order valence-corrected chi connectivity index (χ2v) is 7.17. The third-order valence-electron chi connectivity index (χ3n) is 3.76. The number of carboxylic acid groups (broad SMARTS) is 1. The van der Waals surface area contributed by atoms with Crippen LogP contribution in [0.5, 0.6) is 0 Å². The zero-order chi connectivity index (χ0) is 17.4. The number of carbonyl (C=O) groups is 2. The zero-order valence-corrected chi connectivity index (χ0v) is 13.9. The number of likely N-dealkylation sites (tertiary alicyclic amines) is 1. The molecule has 1 unspecified atom stereocenters. The highest BCUT2D eigenvalue weighted by Gasteiger charge is 2.37. The Kier molecular flexibility index (Phi) is 4.76. The van der Waals surface area contributed by atoms with Gasteiger partial charge in [0.25, 0.3) is 0 Å². The molecule has 2 heterocycles. The Bertz CT molecular complexity index is 707. The van der Waals surface area contributed by atoms with Crippen LogP contribution in [0.25, 0.3) is 0 Å². The van der Waals surface area contributed by atoms with Gasteiger partial charge in [0, 0.05) is 6.54 Å². The van der Waals surface area contributed by atoms with E-state index in [1.807, 2.05) is 0 Å². The third kappa shape index (κ3) is 3.37. The normalized spacial score (nSPS) is 19.8. The number of amides is 1. The van der Waals surface area contributed by atoms with Gasteiger partial charge in [-0.1, -0.05) is 5.16 Å². The van der Waals surface area contributed by atoms with Crippen molar-refractivity contribution in [3.05, 3.63) is 11.5 Å². The van der Waals surface area contributed by atoms with E-state index in [2.05, 4.69) is 9.88 Å². The third-order valence-corrected chi connectivity index (χ3v) is 5.54. The van der Waals surface area contributed by atoms with Gasteiger partial charge < -0.3 is 14.5 Å². The average molecular weight is 345 g/mol. The summed E-state index contributed by atoms with van der Waals surface area (Å²) in [5.74, 6) is -1.53. The number of nitrogens with one attached hydrogen (secondary N) is 1. The monoisotopic (exact) mass is 345 g/mol. The topological polar surface area (TPSA) is 130 Å². The molecule has 2 N–H and O–H groups in total. The van der Waals surface area contributed by atoms with Crippen molar-refractivity contribution >= 4 is 21.9 Å². The number of hydrogen-bond acceptors (Lipinski definition) is 6. The highest BCUT2D eigenvalue weighted by molar-refractivity contribution is 7.89. The van der Waals surface area contributed by atoms with E-state index in [9.17, 15) is 18.0 Å². The largest absolute Gasteiger partial charge is 0.480 e. The smallest absolute Gasteiger partial charge is 0.326 e. The molecule has 1 aromatic heterocycles. The summed E-state index contributed by atoms with van der Waals surface area (Å²) in [7, 11) is -3.99. The number of hydrogen-bond donors (Lipinski definition) is 2. The van der Waals surface area contributed by atoms with Gasteiger partial charge in [0.05, 0.1) is 6.04 Å². The first-order chi connectivity index (χ1) is 10.6. The van der Waals surface area contributed by atoms with Crippen LogP contribution in [0.4, 0.5) is 0 Å². The Morgan fingerprint density at radius 1 is 1.43 bits per heavy atom. The van der Waals surface area contributed by atoms with Crippen molar-refractivity contribution in [3.8, 4) is 0 Å². The first-order valence-corrected chi connectivity index (χ1v) is 8.62. The SMILES string of the molecule is Cc1noc(C)c1S(=O)(=O)NC(C)C(=O)N1CCC[C@@H]1C(=O)O. The highest BCUT2D eigenvalue weighted by atomic mass is 32.2. The van der Waals surface area contributed by atoms with Gasteiger partial charge in [0.2, 0.25) is 15.9 Å². The summed E-state index contributed by atoms with van der Waals surface area (Å²) in [4.78, 5) is 24.6. The van der Waals surface area contributed by atoms with Crippen molar-refractivity contribution in [1.29, 1.82) is 0 Å². The van der Waals surface area contributed by atoms with Gasteiger partial charge in [-0.3, -0.25) is 4.79 Å². The van der Waals surface area contributed by atoms with E-state index < -0.39 is 34.0 Å². The summed E-state index contributed by atoms with van der Waals surface area (Å²) in [6.07, 6.45) is 0.941. The minimum absolute atomic E-state index is 0.103. The number of aryl methyl sites for hydroxylation is 2. The van der Waals surface area contributed by atoms with Crippen LogP contribution in [-0.4, -0.2) is 54.1 Å². The van der Waals surface area contributed by atoms with Gasteiger partial charge in [-0.25, -0.2) is 13.2 Å². The van der Waals surface area contributed by atoms with E-state index in [4.69, 9.17) is 9.63 Å². The predicted molar refractivity (Wildman–Crippen MR) is 78.1 cm³/mol. The van der Waals surface area contributed by atoms with E-state index in [-0.39, 0.29) is 16.3 Å². The molecule has 1 amide bonds. The molecule has 9 nitrogen and oxygen atoms in total. The quantitative estimate of drug-likeness (QED) is 0.770. The number of sulfonamides is 1. The van der Waals surface area contributed by atoms with Crippen LogP contribution < -0.4 is 4.72 Å². The van der Waals surface area contributed by atoms with Gasteiger partial charge in [-0.15, -0.1) is 0 Å². The van der Waals surface area contributed by atoms with Crippen LogP contribution >= 0.6 is 0 Å². The van der Waals surface area contributed by atoms with Crippen molar-refractivity contribution in [2.24, 2.45) is 0 Å². The summed E-state index contributed by atoms with van der Waals surface area (Å²) in [5, 5.41) is 12.7. The van der Waals surface area contributed by atoms with E-state index in [1.54, 1.807) is 0 Å². The van der Waals surface area contributed by atoms with E-state index in [0.29, 0.717) is 19.4 Å². The number of carbonyl (C=O) groups excluding carboxylic acids is 1. The van der Waals surface area contributed by atoms with Gasteiger partial charge in [-0.05, 0) is 33.6 Å². The minimum atomic E-state index is -3.99. The molecule has 2 atom stereocenters. The van der Waals surface area contributed by atoms with Crippen molar-refractivity contribution in [2.45, 2.75) is 50.6 Å². The second kappa shape index (κ2) is 6.28. The molecular formula is C13H19N3O6S. The van der Waals surface area contributed by atoms with E-state index >= 15 is 0 Å². The van der Waals surface area contributed by atoms with Crippen molar-refractivity contribution in [1.82, 2.24) is 14.8 Å². The highest BCUT2D eigenvalue weighted by Crippen LogP contribution is 2.21. The maximum atomic E-state index is 12.4. The predicted octanol–water partition coefficient (Wildman–Crippen LogP) is 0.0338. The van der Waals surface area contributed by atoms with Gasteiger partial charge in [-0.2, -0.15) is 4.72 Å². The molecule has 1 saturated heterocycles.